The van der Waals surface area contributed by atoms with Crippen molar-refractivity contribution in [1.29, 1.82) is 0 Å². The van der Waals surface area contributed by atoms with Crippen molar-refractivity contribution in [3.8, 4) is 0 Å². The molecule has 0 rings (SSSR count). The first-order valence-electron chi connectivity index (χ1n) is 11.5. The summed E-state index contributed by atoms with van der Waals surface area (Å²) in [6, 6.07) is 0. The van der Waals surface area contributed by atoms with Gasteiger partial charge >= 0.3 is 6.09 Å². The van der Waals surface area contributed by atoms with Gasteiger partial charge in [-0.25, -0.2) is 4.79 Å². The Hall–Kier alpha value is -1.77. The summed E-state index contributed by atoms with van der Waals surface area (Å²) in [5.41, 5.74) is 5.41. The van der Waals surface area contributed by atoms with Crippen molar-refractivity contribution >= 4 is 6.09 Å². The molecular formula is C27H47NO2. The predicted octanol–water partition coefficient (Wildman–Crippen LogP) is 8.44. The van der Waals surface area contributed by atoms with E-state index < -0.39 is 0 Å². The SMILES string of the molecule is CC(C)=CCC/C(C)=C/CC/C(C)=C/CC/C(C)=C/CC(C)(C)NC(=O)OC(C)C. The fourth-order valence-electron chi connectivity index (χ4n) is 2.99. The second-order valence-corrected chi connectivity index (χ2v) is 9.72. The van der Waals surface area contributed by atoms with Gasteiger partial charge in [0.1, 0.15) is 0 Å². The highest BCUT2D eigenvalue weighted by Crippen LogP contribution is 2.16. The first kappa shape index (κ1) is 28.2. The number of amides is 1. The van der Waals surface area contributed by atoms with Gasteiger partial charge in [0.05, 0.1) is 6.10 Å². The maximum absolute atomic E-state index is 11.8. The van der Waals surface area contributed by atoms with E-state index in [4.69, 9.17) is 4.74 Å². The van der Waals surface area contributed by atoms with Gasteiger partial charge < -0.3 is 10.1 Å². The van der Waals surface area contributed by atoms with E-state index in [-0.39, 0.29) is 17.7 Å². The van der Waals surface area contributed by atoms with Crippen LogP contribution in [0.4, 0.5) is 4.79 Å². The molecule has 0 aromatic carbocycles. The van der Waals surface area contributed by atoms with Crippen molar-refractivity contribution in [1.82, 2.24) is 5.32 Å². The van der Waals surface area contributed by atoms with Crippen LogP contribution in [-0.2, 0) is 4.74 Å². The third-order valence-electron chi connectivity index (χ3n) is 4.90. The zero-order valence-corrected chi connectivity index (χ0v) is 21.2. The van der Waals surface area contributed by atoms with E-state index in [1.807, 2.05) is 27.7 Å². The van der Waals surface area contributed by atoms with E-state index in [2.05, 4.69) is 64.2 Å². The number of ether oxygens (including phenoxy) is 1. The smallest absolute Gasteiger partial charge is 0.407 e. The second kappa shape index (κ2) is 15.1. The fourth-order valence-corrected chi connectivity index (χ4v) is 2.99. The highest BCUT2D eigenvalue weighted by atomic mass is 16.6. The van der Waals surface area contributed by atoms with E-state index in [0.29, 0.717) is 0 Å². The van der Waals surface area contributed by atoms with Crippen LogP contribution >= 0.6 is 0 Å². The van der Waals surface area contributed by atoms with E-state index in [9.17, 15) is 4.79 Å². The number of alkyl carbamates (subject to hydrolysis) is 1. The van der Waals surface area contributed by atoms with Crippen LogP contribution in [-0.4, -0.2) is 17.7 Å². The summed E-state index contributed by atoms with van der Waals surface area (Å²) in [6.07, 6.45) is 16.4. The molecule has 172 valence electrons. The topological polar surface area (TPSA) is 38.3 Å². The van der Waals surface area contributed by atoms with Crippen molar-refractivity contribution in [2.45, 2.75) is 119 Å². The van der Waals surface area contributed by atoms with E-state index >= 15 is 0 Å². The van der Waals surface area contributed by atoms with Gasteiger partial charge in [-0.2, -0.15) is 0 Å². The van der Waals surface area contributed by atoms with Gasteiger partial charge in [-0.1, -0.05) is 46.6 Å². The second-order valence-electron chi connectivity index (χ2n) is 9.72. The van der Waals surface area contributed by atoms with Crippen molar-refractivity contribution in [2.75, 3.05) is 0 Å². The van der Waals surface area contributed by atoms with E-state index in [0.717, 1.165) is 38.5 Å². The van der Waals surface area contributed by atoms with Crippen LogP contribution in [0.3, 0.4) is 0 Å². The molecule has 0 aliphatic heterocycles. The lowest BCUT2D eigenvalue weighted by Crippen LogP contribution is -2.44. The minimum absolute atomic E-state index is 0.102. The number of carbonyl (C=O) groups is 1. The van der Waals surface area contributed by atoms with Crippen LogP contribution in [0.25, 0.3) is 0 Å². The Morgan fingerprint density at radius 1 is 0.800 bits per heavy atom. The lowest BCUT2D eigenvalue weighted by atomic mass is 9.98. The average Bonchev–Trinajstić information content (AvgIpc) is 2.58. The molecule has 3 heteroatoms. The summed E-state index contributed by atoms with van der Waals surface area (Å²) in [5, 5.41) is 2.94. The minimum atomic E-state index is -0.346. The molecule has 0 aliphatic carbocycles. The fraction of sp³-hybridized carbons (Fsp3) is 0.667. The third-order valence-corrected chi connectivity index (χ3v) is 4.90. The Bertz CT molecular complexity index is 629. The molecule has 0 bridgehead atoms. The maximum Gasteiger partial charge on any atom is 0.407 e. The molecule has 0 fully saturated rings. The number of hydrogen-bond acceptors (Lipinski definition) is 2. The molecule has 1 N–H and O–H groups in total. The summed E-state index contributed by atoms with van der Waals surface area (Å²) in [4.78, 5) is 11.8. The highest BCUT2D eigenvalue weighted by Gasteiger charge is 2.20. The highest BCUT2D eigenvalue weighted by molar-refractivity contribution is 5.68. The molecule has 1 amide bonds. The van der Waals surface area contributed by atoms with Crippen molar-refractivity contribution in [3.63, 3.8) is 0 Å². The van der Waals surface area contributed by atoms with Crippen LogP contribution in [0.15, 0.2) is 46.6 Å². The minimum Gasteiger partial charge on any atom is -0.447 e. The normalized spacial score (nSPS) is 13.5. The van der Waals surface area contributed by atoms with Gasteiger partial charge in [0.15, 0.2) is 0 Å². The first-order chi connectivity index (χ1) is 13.9. The van der Waals surface area contributed by atoms with Gasteiger partial charge in [-0.15, -0.1) is 0 Å². The monoisotopic (exact) mass is 417 g/mol. The van der Waals surface area contributed by atoms with Crippen LogP contribution in [0.2, 0.25) is 0 Å². The lowest BCUT2D eigenvalue weighted by Gasteiger charge is -2.25. The summed E-state index contributed by atoms with van der Waals surface area (Å²) in [6.45, 7) is 18.7. The van der Waals surface area contributed by atoms with Gasteiger partial charge in [0.2, 0.25) is 0 Å². The molecule has 0 saturated carbocycles. The molecule has 0 spiro atoms. The third kappa shape index (κ3) is 17.1. The number of hydrogen-bond donors (Lipinski definition) is 1. The molecule has 0 heterocycles. The van der Waals surface area contributed by atoms with Crippen LogP contribution in [0.1, 0.15) is 107 Å². The Kier molecular flexibility index (Phi) is 14.2. The summed E-state index contributed by atoms with van der Waals surface area (Å²) >= 11 is 0. The molecule has 0 unspecified atom stereocenters. The Balaban J connectivity index is 4.27. The van der Waals surface area contributed by atoms with Crippen molar-refractivity contribution < 1.29 is 9.53 Å². The molecular weight excluding hydrogens is 370 g/mol. The summed E-state index contributed by atoms with van der Waals surface area (Å²) < 4.78 is 5.17. The molecule has 0 aliphatic rings. The zero-order valence-electron chi connectivity index (χ0n) is 21.2. The summed E-state index contributed by atoms with van der Waals surface area (Å²) in [5.74, 6) is 0. The Labute approximate surface area is 186 Å². The Morgan fingerprint density at radius 3 is 1.67 bits per heavy atom. The molecule has 0 aromatic heterocycles. The lowest BCUT2D eigenvalue weighted by molar-refractivity contribution is 0.107. The quantitative estimate of drug-likeness (QED) is 0.305. The predicted molar refractivity (Wildman–Crippen MR) is 132 cm³/mol. The molecule has 3 nitrogen and oxygen atoms in total. The van der Waals surface area contributed by atoms with Gasteiger partial charge in [0.25, 0.3) is 0 Å². The number of rotatable bonds is 13. The number of allylic oxidation sites excluding steroid dienone is 7. The Morgan fingerprint density at radius 2 is 1.23 bits per heavy atom. The van der Waals surface area contributed by atoms with E-state index in [1.165, 1.54) is 28.7 Å². The van der Waals surface area contributed by atoms with Gasteiger partial charge in [-0.3, -0.25) is 0 Å². The first-order valence-corrected chi connectivity index (χ1v) is 11.5. The van der Waals surface area contributed by atoms with Crippen LogP contribution in [0.5, 0.6) is 0 Å². The van der Waals surface area contributed by atoms with Gasteiger partial charge in [0, 0.05) is 5.54 Å². The molecule has 0 aromatic rings. The summed E-state index contributed by atoms with van der Waals surface area (Å²) in [7, 11) is 0. The number of nitrogens with one attached hydrogen (secondary N) is 1. The largest absolute Gasteiger partial charge is 0.447 e. The molecule has 0 saturated heterocycles. The molecule has 0 atom stereocenters. The number of carbonyl (C=O) groups excluding carboxylic acids is 1. The van der Waals surface area contributed by atoms with Crippen LogP contribution < -0.4 is 5.32 Å². The molecule has 30 heavy (non-hydrogen) atoms. The average molecular weight is 418 g/mol. The molecule has 0 radical (unpaired) electrons. The van der Waals surface area contributed by atoms with Crippen molar-refractivity contribution in [3.05, 3.63) is 46.6 Å². The van der Waals surface area contributed by atoms with E-state index in [1.54, 1.807) is 0 Å². The maximum atomic E-state index is 11.8. The van der Waals surface area contributed by atoms with Gasteiger partial charge in [-0.05, 0) is 107 Å². The standard InChI is InChI=1S/C27H47NO2/c1-21(2)13-10-14-23(5)15-11-16-24(6)17-12-18-25(7)19-20-27(8,9)28-26(29)30-22(3)4/h13,15,17,19,22H,10-12,14,16,18,20H2,1-9H3,(H,28,29)/b23-15+,24-17+,25-19+. The van der Waals surface area contributed by atoms with Crippen LogP contribution in [0, 0.1) is 0 Å². The van der Waals surface area contributed by atoms with Crippen molar-refractivity contribution in [2.24, 2.45) is 0 Å². The zero-order chi connectivity index (χ0) is 23.2.